The Morgan fingerprint density at radius 2 is 0.970 bits per heavy atom. The van der Waals surface area contributed by atoms with Gasteiger partial charge < -0.3 is 0 Å². The van der Waals surface area contributed by atoms with E-state index in [4.69, 9.17) is 11.6 Å². The summed E-state index contributed by atoms with van der Waals surface area (Å²) in [5.41, 5.74) is -3.52. The van der Waals surface area contributed by atoms with Crippen molar-refractivity contribution in [3.05, 3.63) is 106 Å². The monoisotopic (exact) mass is 456 g/mol. The number of halogens is 1. The molecule has 3 aromatic rings. The highest BCUT2D eigenvalue weighted by molar-refractivity contribution is 6.31. The molecule has 0 N–H and O–H groups in total. The maximum absolute atomic E-state index is 11.5. The number of isocyanates is 4. The van der Waals surface area contributed by atoms with Crippen LogP contribution in [-0.4, -0.2) is 24.3 Å². The molecule has 3 rings (SSSR count). The lowest BCUT2D eigenvalue weighted by Gasteiger charge is -2.32. The summed E-state index contributed by atoms with van der Waals surface area (Å²) in [7, 11) is 0. The van der Waals surface area contributed by atoms with E-state index < -0.39 is 11.3 Å². The number of carbonyl (C=O) groups excluding carboxylic acids is 4. The Balaban J connectivity index is 2.59. The van der Waals surface area contributed by atoms with Crippen molar-refractivity contribution >= 4 is 35.9 Å². The van der Waals surface area contributed by atoms with Gasteiger partial charge in [-0.15, -0.1) is 0 Å². The molecule has 3 aromatic carbocycles. The van der Waals surface area contributed by atoms with Gasteiger partial charge in [0.05, 0.1) is 0 Å². The van der Waals surface area contributed by atoms with Gasteiger partial charge in [-0.2, -0.15) is 20.0 Å². The molecule has 0 spiro atoms. The van der Waals surface area contributed by atoms with Gasteiger partial charge in [0.1, 0.15) is 0 Å². The van der Waals surface area contributed by atoms with Gasteiger partial charge in [-0.3, -0.25) is 0 Å². The lowest BCUT2D eigenvalue weighted by Crippen LogP contribution is -2.32. The van der Waals surface area contributed by atoms with E-state index in [9.17, 15) is 19.2 Å². The molecule has 0 fully saturated rings. The number of hydrogen-bond donors (Lipinski definition) is 0. The Morgan fingerprint density at radius 1 is 0.545 bits per heavy atom. The summed E-state index contributed by atoms with van der Waals surface area (Å²) in [6, 6.07) is 20.7. The summed E-state index contributed by atoms with van der Waals surface area (Å²) in [6.07, 6.45) is 5.73. The maximum atomic E-state index is 11.5. The molecule has 8 nitrogen and oxygen atoms in total. The predicted molar refractivity (Wildman–Crippen MR) is 118 cm³/mol. The smallest absolute Gasteiger partial charge is 0.211 e. The quantitative estimate of drug-likeness (QED) is 0.374. The van der Waals surface area contributed by atoms with Crippen LogP contribution >= 0.6 is 11.6 Å². The second kappa shape index (κ2) is 10.2. The van der Waals surface area contributed by atoms with Gasteiger partial charge in [0.15, 0.2) is 0 Å². The zero-order chi connectivity index (χ0) is 23.7. The molecule has 33 heavy (non-hydrogen) atoms. The minimum Gasteiger partial charge on any atom is -0.211 e. The van der Waals surface area contributed by atoms with Gasteiger partial charge >= 0.3 is 0 Å². The molecular weight excluding hydrogens is 444 g/mol. The summed E-state index contributed by atoms with van der Waals surface area (Å²) in [5.74, 6) is 0. The first-order chi connectivity index (χ1) is 16.1. The molecule has 0 heterocycles. The van der Waals surface area contributed by atoms with E-state index in [0.29, 0.717) is 0 Å². The third-order valence-corrected chi connectivity index (χ3v) is 5.24. The molecule has 0 atom stereocenters. The molecule has 160 valence electrons. The largest absolute Gasteiger partial charge is 0.238 e. The van der Waals surface area contributed by atoms with E-state index in [1.54, 1.807) is 60.7 Å². The van der Waals surface area contributed by atoms with Gasteiger partial charge in [-0.1, -0.05) is 84.4 Å². The second-order valence-corrected chi connectivity index (χ2v) is 6.96. The number of hydrogen-bond acceptors (Lipinski definition) is 8. The molecule has 0 aromatic heterocycles. The highest BCUT2D eigenvalue weighted by Gasteiger charge is 2.45. The van der Waals surface area contributed by atoms with Crippen molar-refractivity contribution in [3.63, 3.8) is 0 Å². The van der Waals surface area contributed by atoms with Crippen LogP contribution in [-0.2, 0) is 30.5 Å². The molecule has 0 aliphatic rings. The molecule has 9 heteroatoms. The van der Waals surface area contributed by atoms with Crippen molar-refractivity contribution in [3.8, 4) is 0 Å². The normalized spacial score (nSPS) is 13.5. The molecule has 0 bridgehead atoms. The third-order valence-electron chi connectivity index (χ3n) is 4.92. The molecule has 0 aliphatic heterocycles. The maximum Gasteiger partial charge on any atom is 0.238 e. The topological polar surface area (TPSA) is 118 Å². The fraction of sp³-hybridized carbons (Fsp3) is 0.0833. The van der Waals surface area contributed by atoms with E-state index in [0.717, 1.165) is 0 Å². The van der Waals surface area contributed by atoms with Crippen LogP contribution in [0.5, 0.6) is 0 Å². The molecule has 0 amide bonds. The average Bonchev–Trinajstić information content (AvgIpc) is 2.84. The van der Waals surface area contributed by atoms with Crippen LogP contribution in [0, 0.1) is 0 Å². The highest BCUT2D eigenvalue weighted by atomic mass is 35.5. The molecular formula is C24H13ClN4O4. The standard InChI is InChI=1S/C24H13ClN4O4/c25-21-13-7-12-20(23(26-14-30,27-15-31)18-8-3-1-4-9-18)22(21)24(28-16-32,29-17-33)19-10-5-2-6-11-19/h1-13H. The van der Waals surface area contributed by atoms with Crippen LogP contribution in [0.3, 0.4) is 0 Å². The first kappa shape index (κ1) is 23.1. The minimum atomic E-state index is -2.06. The summed E-state index contributed by atoms with van der Waals surface area (Å²) < 4.78 is 0. The fourth-order valence-electron chi connectivity index (χ4n) is 3.61. The number of aliphatic imine (C=N–C) groups is 4. The Labute approximate surface area is 192 Å². The van der Waals surface area contributed by atoms with Gasteiger partial charge in [-0.25, -0.2) is 19.2 Å². The van der Waals surface area contributed by atoms with Crippen LogP contribution in [0.25, 0.3) is 0 Å². The average molecular weight is 457 g/mol. The molecule has 0 radical (unpaired) electrons. The van der Waals surface area contributed by atoms with Crippen molar-refractivity contribution in [2.24, 2.45) is 20.0 Å². The summed E-state index contributed by atoms with van der Waals surface area (Å²) >= 11 is 6.57. The number of rotatable bonds is 8. The van der Waals surface area contributed by atoms with Crippen LogP contribution in [0.4, 0.5) is 0 Å². The SMILES string of the molecule is O=C=NC(N=C=O)(c1ccccc1)c1cccc(Cl)c1C(N=C=O)(N=C=O)c1ccccc1. The van der Waals surface area contributed by atoms with Crippen molar-refractivity contribution < 1.29 is 19.2 Å². The van der Waals surface area contributed by atoms with Crippen LogP contribution in [0.1, 0.15) is 22.3 Å². The van der Waals surface area contributed by atoms with E-state index >= 15 is 0 Å². The fourth-order valence-corrected chi connectivity index (χ4v) is 3.92. The Morgan fingerprint density at radius 3 is 1.42 bits per heavy atom. The molecule has 0 saturated carbocycles. The predicted octanol–water partition coefficient (Wildman–Crippen LogP) is 4.09. The highest BCUT2D eigenvalue weighted by Crippen LogP contribution is 2.47. The summed E-state index contributed by atoms with van der Waals surface area (Å²) in [4.78, 5) is 61.5. The third kappa shape index (κ3) is 4.16. The minimum absolute atomic E-state index is 0.00291. The first-order valence-corrected chi connectivity index (χ1v) is 9.74. The van der Waals surface area contributed by atoms with Crippen molar-refractivity contribution in [1.29, 1.82) is 0 Å². The Bertz CT molecular complexity index is 1320. The Hall–Kier alpha value is -4.53. The zero-order valence-electron chi connectivity index (χ0n) is 16.8. The van der Waals surface area contributed by atoms with Crippen molar-refractivity contribution in [2.45, 2.75) is 11.3 Å². The molecule has 0 saturated heterocycles. The summed E-state index contributed by atoms with van der Waals surface area (Å²) in [5, 5.41) is -0.00291. The van der Waals surface area contributed by atoms with Crippen molar-refractivity contribution in [1.82, 2.24) is 0 Å². The Kier molecular flexibility index (Phi) is 7.14. The van der Waals surface area contributed by atoms with Crippen LogP contribution < -0.4 is 0 Å². The van der Waals surface area contributed by atoms with Gasteiger partial charge in [0.2, 0.25) is 35.6 Å². The summed E-state index contributed by atoms with van der Waals surface area (Å²) in [6.45, 7) is 0. The molecule has 0 unspecified atom stereocenters. The molecule has 0 aliphatic carbocycles. The van der Waals surface area contributed by atoms with E-state index in [1.165, 1.54) is 42.5 Å². The van der Waals surface area contributed by atoms with Crippen LogP contribution in [0.2, 0.25) is 5.02 Å². The lowest BCUT2D eigenvalue weighted by atomic mass is 9.81. The lowest BCUT2D eigenvalue weighted by molar-refractivity contribution is 0.486. The zero-order valence-corrected chi connectivity index (χ0v) is 17.6. The van der Waals surface area contributed by atoms with E-state index in [-0.39, 0.29) is 27.3 Å². The second-order valence-electron chi connectivity index (χ2n) is 6.55. The van der Waals surface area contributed by atoms with E-state index in [1.807, 2.05) is 0 Å². The van der Waals surface area contributed by atoms with Gasteiger partial charge in [0.25, 0.3) is 0 Å². The van der Waals surface area contributed by atoms with Gasteiger partial charge in [-0.05, 0) is 6.07 Å². The number of nitrogens with zero attached hydrogens (tertiary/aromatic N) is 4. The van der Waals surface area contributed by atoms with Crippen molar-refractivity contribution in [2.75, 3.05) is 0 Å². The van der Waals surface area contributed by atoms with Crippen LogP contribution in [0.15, 0.2) is 98.8 Å². The van der Waals surface area contributed by atoms with E-state index in [2.05, 4.69) is 20.0 Å². The van der Waals surface area contributed by atoms with Gasteiger partial charge in [0, 0.05) is 27.3 Å². The first-order valence-electron chi connectivity index (χ1n) is 9.36. The number of benzene rings is 3.